The van der Waals surface area contributed by atoms with E-state index in [2.05, 4.69) is 10.2 Å². The third-order valence-corrected chi connectivity index (χ3v) is 4.13. The third-order valence-electron chi connectivity index (χ3n) is 4.13. The number of hydrogen-bond donors (Lipinski definition) is 2. The minimum atomic E-state index is -4.40. The van der Waals surface area contributed by atoms with E-state index in [0.717, 1.165) is 30.3 Å². The molecule has 0 saturated heterocycles. The molecule has 3 rings (SSSR count). The Morgan fingerprint density at radius 2 is 2.09 bits per heavy atom. The number of benzene rings is 1. The van der Waals surface area contributed by atoms with E-state index in [1.54, 1.807) is 12.3 Å². The van der Waals surface area contributed by atoms with Crippen molar-refractivity contribution in [2.75, 3.05) is 13.1 Å². The number of halogens is 3. The summed E-state index contributed by atoms with van der Waals surface area (Å²) in [4.78, 5) is 2.04. The molecule has 1 unspecified atom stereocenters. The summed E-state index contributed by atoms with van der Waals surface area (Å²) in [5, 5.41) is 17.1. The first-order valence-corrected chi connectivity index (χ1v) is 7.50. The molecule has 1 aliphatic rings. The Balaban J connectivity index is 1.63. The molecule has 7 heteroatoms. The summed E-state index contributed by atoms with van der Waals surface area (Å²) >= 11 is 0. The number of aliphatic hydroxyl groups is 1. The SMILES string of the molecule is OC(Cc1ccccc1C(F)(F)F)CN1CCc2[nH]ncc2C1. The maximum atomic E-state index is 13.0. The average Bonchev–Trinajstić information content (AvgIpc) is 2.94. The number of β-amino-alcohol motifs (C(OH)–C–C–N with tert-alkyl or cyclic N) is 1. The number of rotatable bonds is 4. The van der Waals surface area contributed by atoms with Crippen LogP contribution in [0.2, 0.25) is 0 Å². The van der Waals surface area contributed by atoms with Crippen molar-refractivity contribution >= 4 is 0 Å². The van der Waals surface area contributed by atoms with Gasteiger partial charge in [0.25, 0.3) is 0 Å². The van der Waals surface area contributed by atoms with Crippen molar-refractivity contribution in [3.63, 3.8) is 0 Å². The predicted molar refractivity (Wildman–Crippen MR) is 78.7 cm³/mol. The molecule has 23 heavy (non-hydrogen) atoms. The first-order valence-electron chi connectivity index (χ1n) is 7.50. The Morgan fingerprint density at radius 3 is 2.87 bits per heavy atom. The number of H-pyrrole nitrogens is 1. The van der Waals surface area contributed by atoms with Crippen LogP contribution in [0.4, 0.5) is 13.2 Å². The van der Waals surface area contributed by atoms with Crippen LogP contribution in [0, 0.1) is 0 Å². The number of fused-ring (bicyclic) bond motifs is 1. The lowest BCUT2D eigenvalue weighted by Crippen LogP contribution is -2.37. The van der Waals surface area contributed by atoms with E-state index in [4.69, 9.17) is 0 Å². The molecule has 1 atom stereocenters. The average molecular weight is 325 g/mol. The number of aromatic nitrogens is 2. The Morgan fingerprint density at radius 1 is 1.30 bits per heavy atom. The molecule has 0 spiro atoms. The summed E-state index contributed by atoms with van der Waals surface area (Å²) in [6.07, 6.45) is -2.68. The van der Waals surface area contributed by atoms with E-state index >= 15 is 0 Å². The van der Waals surface area contributed by atoms with Crippen LogP contribution in [-0.4, -0.2) is 39.4 Å². The van der Waals surface area contributed by atoms with Crippen molar-refractivity contribution < 1.29 is 18.3 Å². The van der Waals surface area contributed by atoms with Gasteiger partial charge in [-0.2, -0.15) is 18.3 Å². The van der Waals surface area contributed by atoms with E-state index < -0.39 is 17.8 Å². The van der Waals surface area contributed by atoms with Gasteiger partial charge in [0.05, 0.1) is 17.9 Å². The predicted octanol–water partition coefficient (Wildman–Crippen LogP) is 2.39. The minimum absolute atomic E-state index is 0.00950. The van der Waals surface area contributed by atoms with Crippen LogP contribution in [-0.2, 0) is 25.6 Å². The first-order chi connectivity index (χ1) is 10.9. The van der Waals surface area contributed by atoms with Gasteiger partial charge in [-0.1, -0.05) is 18.2 Å². The van der Waals surface area contributed by atoms with Gasteiger partial charge in [0.2, 0.25) is 0 Å². The second-order valence-corrected chi connectivity index (χ2v) is 5.87. The van der Waals surface area contributed by atoms with Crippen LogP contribution in [0.25, 0.3) is 0 Å². The Hall–Kier alpha value is -1.86. The van der Waals surface area contributed by atoms with Gasteiger partial charge in [-0.3, -0.25) is 10.00 Å². The maximum Gasteiger partial charge on any atom is 0.416 e. The Labute approximate surface area is 131 Å². The second-order valence-electron chi connectivity index (χ2n) is 5.87. The zero-order chi connectivity index (χ0) is 16.4. The van der Waals surface area contributed by atoms with Crippen LogP contribution in [0.1, 0.15) is 22.4 Å². The topological polar surface area (TPSA) is 52.1 Å². The molecule has 4 nitrogen and oxygen atoms in total. The summed E-state index contributed by atoms with van der Waals surface area (Å²) in [7, 11) is 0. The molecule has 1 aromatic heterocycles. The summed E-state index contributed by atoms with van der Waals surface area (Å²) < 4.78 is 39.0. The lowest BCUT2D eigenvalue weighted by Gasteiger charge is -2.28. The van der Waals surface area contributed by atoms with E-state index in [1.807, 2.05) is 4.90 Å². The Kier molecular flexibility index (Phi) is 4.41. The molecule has 2 aromatic rings. The molecule has 2 N–H and O–H groups in total. The molecule has 1 aliphatic heterocycles. The fraction of sp³-hybridized carbons (Fsp3) is 0.438. The van der Waals surface area contributed by atoms with Crippen molar-refractivity contribution in [1.29, 1.82) is 0 Å². The lowest BCUT2D eigenvalue weighted by molar-refractivity contribution is -0.138. The first kappa shape index (κ1) is 16.0. The van der Waals surface area contributed by atoms with Gasteiger partial charge in [0.15, 0.2) is 0 Å². The summed E-state index contributed by atoms with van der Waals surface area (Å²) in [5.74, 6) is 0. The molecule has 0 saturated carbocycles. The molecular weight excluding hydrogens is 307 g/mol. The minimum Gasteiger partial charge on any atom is -0.391 e. The molecule has 0 aliphatic carbocycles. The standard InChI is InChI=1S/C16H18F3N3O/c17-16(18,19)14-4-2-1-3-11(14)7-13(23)10-22-6-5-15-12(9-22)8-20-21-15/h1-4,8,13,23H,5-7,9-10H2,(H,20,21). The number of aliphatic hydroxyl groups excluding tert-OH is 1. The van der Waals surface area contributed by atoms with E-state index in [9.17, 15) is 18.3 Å². The van der Waals surface area contributed by atoms with Gasteiger partial charge < -0.3 is 5.11 Å². The highest BCUT2D eigenvalue weighted by atomic mass is 19.4. The fourth-order valence-electron chi connectivity index (χ4n) is 3.03. The van der Waals surface area contributed by atoms with Crippen LogP contribution in [0.3, 0.4) is 0 Å². The smallest absolute Gasteiger partial charge is 0.391 e. The van der Waals surface area contributed by atoms with Crippen LogP contribution in [0.5, 0.6) is 0 Å². The largest absolute Gasteiger partial charge is 0.416 e. The van der Waals surface area contributed by atoms with Crippen LogP contribution in [0.15, 0.2) is 30.5 Å². The number of hydrogen-bond acceptors (Lipinski definition) is 3. The summed E-state index contributed by atoms with van der Waals surface area (Å²) in [6.45, 7) is 1.76. The van der Waals surface area contributed by atoms with E-state index in [1.165, 1.54) is 12.1 Å². The fourth-order valence-corrected chi connectivity index (χ4v) is 3.03. The van der Waals surface area contributed by atoms with Gasteiger partial charge in [0.1, 0.15) is 0 Å². The molecular formula is C16H18F3N3O. The van der Waals surface area contributed by atoms with Crippen molar-refractivity contribution in [2.24, 2.45) is 0 Å². The number of aromatic amines is 1. The van der Waals surface area contributed by atoms with Crippen LogP contribution >= 0.6 is 0 Å². The molecule has 0 fully saturated rings. The maximum absolute atomic E-state index is 13.0. The van der Waals surface area contributed by atoms with Gasteiger partial charge in [-0.15, -0.1) is 0 Å². The van der Waals surface area contributed by atoms with Crippen molar-refractivity contribution in [2.45, 2.75) is 31.7 Å². The zero-order valence-corrected chi connectivity index (χ0v) is 12.5. The highest BCUT2D eigenvalue weighted by molar-refractivity contribution is 5.30. The zero-order valence-electron chi connectivity index (χ0n) is 12.5. The Bertz CT molecular complexity index is 669. The molecule has 124 valence electrons. The third kappa shape index (κ3) is 3.73. The number of nitrogens with one attached hydrogen (secondary N) is 1. The van der Waals surface area contributed by atoms with Crippen molar-refractivity contribution in [1.82, 2.24) is 15.1 Å². The molecule has 2 heterocycles. The van der Waals surface area contributed by atoms with E-state index in [-0.39, 0.29) is 12.0 Å². The summed E-state index contributed by atoms with van der Waals surface area (Å²) in [6, 6.07) is 5.41. The van der Waals surface area contributed by atoms with Crippen LogP contribution < -0.4 is 0 Å². The van der Waals surface area contributed by atoms with Gasteiger partial charge >= 0.3 is 6.18 Å². The van der Waals surface area contributed by atoms with Gasteiger partial charge in [0, 0.05) is 43.7 Å². The summed E-state index contributed by atoms with van der Waals surface area (Å²) in [5.41, 5.74) is 1.64. The monoisotopic (exact) mass is 325 g/mol. The van der Waals surface area contributed by atoms with Gasteiger partial charge in [-0.25, -0.2) is 0 Å². The highest BCUT2D eigenvalue weighted by Gasteiger charge is 2.33. The number of alkyl halides is 3. The quantitative estimate of drug-likeness (QED) is 0.907. The molecule has 0 bridgehead atoms. The molecule has 0 radical (unpaired) electrons. The lowest BCUT2D eigenvalue weighted by atomic mass is 10.00. The normalized spacial score (nSPS) is 17.0. The van der Waals surface area contributed by atoms with Gasteiger partial charge in [-0.05, 0) is 11.6 Å². The molecule has 0 amide bonds. The second kappa shape index (κ2) is 6.33. The van der Waals surface area contributed by atoms with E-state index in [0.29, 0.717) is 13.1 Å². The van der Waals surface area contributed by atoms with Crippen molar-refractivity contribution in [3.05, 3.63) is 52.8 Å². The highest BCUT2D eigenvalue weighted by Crippen LogP contribution is 2.32. The van der Waals surface area contributed by atoms with Crippen molar-refractivity contribution in [3.8, 4) is 0 Å². The molecule has 1 aromatic carbocycles. The number of nitrogens with zero attached hydrogens (tertiary/aromatic N) is 2.